The van der Waals surface area contributed by atoms with Gasteiger partial charge in [0, 0.05) is 26.1 Å². The molecule has 0 spiro atoms. The highest BCUT2D eigenvalue weighted by Crippen LogP contribution is 2.27. The number of hydrogen-bond donors (Lipinski definition) is 1. The Bertz CT molecular complexity index is 490. The molecule has 0 aliphatic carbocycles. The van der Waals surface area contributed by atoms with Gasteiger partial charge >= 0.3 is 0 Å². The quantitative estimate of drug-likeness (QED) is 0.919. The van der Waals surface area contributed by atoms with E-state index >= 15 is 0 Å². The minimum absolute atomic E-state index is 0. The molecule has 1 aromatic rings. The Balaban J connectivity index is 0.00000192. The summed E-state index contributed by atoms with van der Waals surface area (Å²) < 4.78 is 0. The number of carbonyl (C=O) groups excluding carboxylic acids is 1. The number of benzene rings is 1. The van der Waals surface area contributed by atoms with Crippen LogP contribution in [0.3, 0.4) is 0 Å². The van der Waals surface area contributed by atoms with Crippen LogP contribution in [0.2, 0.25) is 0 Å². The number of hydrogen-bond acceptors (Lipinski definition) is 3. The first kappa shape index (κ1) is 18.2. The van der Waals surface area contributed by atoms with Crippen molar-refractivity contribution in [3.63, 3.8) is 0 Å². The van der Waals surface area contributed by atoms with E-state index in [2.05, 4.69) is 46.4 Å². The number of halogens is 1. The Labute approximate surface area is 145 Å². The summed E-state index contributed by atoms with van der Waals surface area (Å²) >= 11 is 0. The third kappa shape index (κ3) is 4.69. The molecule has 1 N–H and O–H groups in total. The largest absolute Gasteiger partial charge is 0.333 e. The van der Waals surface area contributed by atoms with Gasteiger partial charge in [0.1, 0.15) is 0 Å². The van der Waals surface area contributed by atoms with Crippen molar-refractivity contribution in [1.82, 2.24) is 15.1 Å². The van der Waals surface area contributed by atoms with E-state index in [0.29, 0.717) is 18.2 Å². The Kier molecular flexibility index (Phi) is 6.88. The van der Waals surface area contributed by atoms with Gasteiger partial charge in [0.25, 0.3) is 0 Å². The molecular weight excluding hydrogens is 310 g/mol. The van der Waals surface area contributed by atoms with Gasteiger partial charge in [-0.05, 0) is 44.5 Å². The van der Waals surface area contributed by atoms with Crippen molar-refractivity contribution in [2.45, 2.75) is 25.3 Å². The van der Waals surface area contributed by atoms with E-state index in [-0.39, 0.29) is 18.4 Å². The molecule has 5 heteroatoms. The summed E-state index contributed by atoms with van der Waals surface area (Å²) in [6.45, 7) is 4.87. The highest BCUT2D eigenvalue weighted by Gasteiger charge is 2.31. The van der Waals surface area contributed by atoms with Crippen LogP contribution in [0.1, 0.15) is 30.9 Å². The first-order valence-corrected chi connectivity index (χ1v) is 8.47. The van der Waals surface area contributed by atoms with Crippen molar-refractivity contribution in [2.75, 3.05) is 39.8 Å². The highest BCUT2D eigenvalue weighted by molar-refractivity contribution is 5.85. The number of rotatable bonds is 3. The van der Waals surface area contributed by atoms with E-state index in [0.717, 1.165) is 45.6 Å². The Morgan fingerprint density at radius 1 is 1.17 bits per heavy atom. The maximum atomic E-state index is 12.8. The molecule has 1 aromatic carbocycles. The maximum absolute atomic E-state index is 12.8. The molecule has 0 saturated carbocycles. The zero-order chi connectivity index (χ0) is 15.4. The fourth-order valence-electron chi connectivity index (χ4n) is 3.63. The van der Waals surface area contributed by atoms with Crippen molar-refractivity contribution in [1.29, 1.82) is 0 Å². The number of piperazine rings is 1. The average molecular weight is 338 g/mol. The molecule has 2 aliphatic heterocycles. The Hall–Kier alpha value is -1.10. The van der Waals surface area contributed by atoms with Crippen LogP contribution in [0.25, 0.3) is 0 Å². The second kappa shape index (κ2) is 8.67. The minimum atomic E-state index is 0. The fourth-order valence-corrected chi connectivity index (χ4v) is 3.63. The smallest absolute Gasteiger partial charge is 0.223 e. The molecule has 2 fully saturated rings. The molecule has 0 radical (unpaired) electrons. The lowest BCUT2D eigenvalue weighted by Crippen LogP contribution is -2.49. The third-order valence-electron chi connectivity index (χ3n) is 5.01. The Morgan fingerprint density at radius 3 is 2.57 bits per heavy atom. The van der Waals surface area contributed by atoms with E-state index < -0.39 is 0 Å². The van der Waals surface area contributed by atoms with Crippen molar-refractivity contribution in [2.24, 2.45) is 5.92 Å². The second-order valence-electron chi connectivity index (χ2n) is 6.67. The van der Waals surface area contributed by atoms with Crippen LogP contribution in [0.5, 0.6) is 0 Å². The summed E-state index contributed by atoms with van der Waals surface area (Å²) in [5, 5.41) is 3.38. The van der Waals surface area contributed by atoms with Gasteiger partial charge in [0.2, 0.25) is 5.91 Å². The number of nitrogens with zero attached hydrogens (tertiary/aromatic N) is 2. The van der Waals surface area contributed by atoms with Crippen LogP contribution in [0.15, 0.2) is 30.3 Å². The van der Waals surface area contributed by atoms with Crippen molar-refractivity contribution < 1.29 is 4.79 Å². The lowest BCUT2D eigenvalue weighted by Gasteiger charge is -2.41. The molecule has 1 amide bonds. The molecule has 4 nitrogen and oxygen atoms in total. The molecule has 3 rings (SSSR count). The van der Waals surface area contributed by atoms with Crippen LogP contribution in [0.4, 0.5) is 0 Å². The highest BCUT2D eigenvalue weighted by atomic mass is 35.5. The fraction of sp³-hybridized carbons (Fsp3) is 0.611. The first-order chi connectivity index (χ1) is 10.7. The van der Waals surface area contributed by atoms with Crippen LogP contribution in [0, 0.1) is 5.92 Å². The van der Waals surface area contributed by atoms with E-state index in [1.54, 1.807) is 0 Å². The second-order valence-corrected chi connectivity index (χ2v) is 6.67. The van der Waals surface area contributed by atoms with Crippen LogP contribution in [-0.4, -0.2) is 55.5 Å². The van der Waals surface area contributed by atoms with E-state index in [1.807, 2.05) is 6.07 Å². The maximum Gasteiger partial charge on any atom is 0.223 e. The van der Waals surface area contributed by atoms with Crippen LogP contribution in [-0.2, 0) is 4.79 Å². The van der Waals surface area contributed by atoms with Gasteiger partial charge in [-0.1, -0.05) is 30.3 Å². The number of piperidine rings is 1. The summed E-state index contributed by atoms with van der Waals surface area (Å²) in [4.78, 5) is 17.3. The van der Waals surface area contributed by atoms with Gasteiger partial charge in [0.15, 0.2) is 0 Å². The molecule has 2 aliphatic rings. The van der Waals surface area contributed by atoms with Gasteiger partial charge in [-0.15, -0.1) is 12.4 Å². The summed E-state index contributed by atoms with van der Waals surface area (Å²) in [6.07, 6.45) is 2.99. The first-order valence-electron chi connectivity index (χ1n) is 8.47. The van der Waals surface area contributed by atoms with E-state index in [4.69, 9.17) is 0 Å². The topological polar surface area (TPSA) is 35.6 Å². The predicted octanol–water partition coefficient (Wildman–Crippen LogP) is 2.31. The zero-order valence-electron chi connectivity index (χ0n) is 13.9. The van der Waals surface area contributed by atoms with E-state index in [9.17, 15) is 4.79 Å². The monoisotopic (exact) mass is 337 g/mol. The van der Waals surface area contributed by atoms with Gasteiger partial charge in [-0.2, -0.15) is 0 Å². The molecule has 1 unspecified atom stereocenters. The molecule has 0 bridgehead atoms. The van der Waals surface area contributed by atoms with Crippen molar-refractivity contribution >= 4 is 18.3 Å². The lowest BCUT2D eigenvalue weighted by molar-refractivity contribution is -0.137. The summed E-state index contributed by atoms with van der Waals surface area (Å²) in [7, 11) is 2.14. The SMILES string of the molecule is CN1CCN(C(=O)CC2CCNCC2)C(c2ccccc2)C1.Cl. The predicted molar refractivity (Wildman–Crippen MR) is 95.9 cm³/mol. The van der Waals surface area contributed by atoms with Crippen LogP contribution < -0.4 is 5.32 Å². The van der Waals surface area contributed by atoms with Gasteiger partial charge < -0.3 is 15.1 Å². The molecule has 2 saturated heterocycles. The van der Waals surface area contributed by atoms with Gasteiger partial charge in [-0.3, -0.25) is 4.79 Å². The number of carbonyl (C=O) groups is 1. The molecule has 128 valence electrons. The number of amides is 1. The van der Waals surface area contributed by atoms with Crippen molar-refractivity contribution in [3.05, 3.63) is 35.9 Å². The molecule has 0 aromatic heterocycles. The normalized spacial score (nSPS) is 23.3. The third-order valence-corrected chi connectivity index (χ3v) is 5.01. The van der Waals surface area contributed by atoms with E-state index in [1.165, 1.54) is 5.56 Å². The summed E-state index contributed by atoms with van der Waals surface area (Å²) in [6, 6.07) is 10.7. The standard InChI is InChI=1S/C18H27N3O.ClH/c1-20-11-12-21(17(14-20)16-5-3-2-4-6-16)18(22)13-15-7-9-19-10-8-15;/h2-6,15,17,19H,7-14H2,1H3;1H. The molecular formula is C18H28ClN3O. The Morgan fingerprint density at radius 2 is 1.87 bits per heavy atom. The lowest BCUT2D eigenvalue weighted by atomic mass is 9.93. The number of nitrogens with one attached hydrogen (secondary N) is 1. The van der Waals surface area contributed by atoms with Crippen molar-refractivity contribution in [3.8, 4) is 0 Å². The average Bonchev–Trinajstić information content (AvgIpc) is 2.56. The molecule has 1 atom stereocenters. The van der Waals surface area contributed by atoms with Gasteiger partial charge in [0.05, 0.1) is 6.04 Å². The number of likely N-dealkylation sites (N-methyl/N-ethyl adjacent to an activating group) is 1. The van der Waals surface area contributed by atoms with Crippen LogP contribution >= 0.6 is 12.4 Å². The summed E-state index contributed by atoms with van der Waals surface area (Å²) in [5.74, 6) is 0.902. The van der Waals surface area contributed by atoms with Gasteiger partial charge in [-0.25, -0.2) is 0 Å². The molecule has 2 heterocycles. The molecule has 23 heavy (non-hydrogen) atoms. The zero-order valence-corrected chi connectivity index (χ0v) is 14.7. The minimum Gasteiger partial charge on any atom is -0.333 e. The summed E-state index contributed by atoms with van der Waals surface area (Å²) in [5.41, 5.74) is 1.26.